The molecule has 0 saturated heterocycles. The molecule has 0 bridgehead atoms. The van der Waals surface area contributed by atoms with Crippen molar-refractivity contribution in [3.05, 3.63) is 22.2 Å². The Kier molecular flexibility index (Phi) is 4.34. The minimum atomic E-state index is 0. The molecule has 0 aliphatic heterocycles. The van der Waals surface area contributed by atoms with Crippen molar-refractivity contribution in [1.82, 2.24) is 0 Å². The number of nitrogens with one attached hydrogen (secondary N) is 1. The molecule has 0 heterocycles. The Morgan fingerprint density at radius 2 is 2.06 bits per heavy atom. The van der Waals surface area contributed by atoms with Crippen molar-refractivity contribution >= 4 is 45.6 Å². The number of carbonyl (C=O) groups excluding carboxylic acids is 1. The summed E-state index contributed by atoms with van der Waals surface area (Å²) in [6, 6.07) is 3.78. The Hall–Kier alpha value is -0.740. The number of carbonyl (C=O) groups is 1. The van der Waals surface area contributed by atoms with Gasteiger partial charge in [0.05, 0.1) is 11.4 Å². The second-order valence-corrected chi connectivity index (χ2v) is 6.33. The summed E-state index contributed by atoms with van der Waals surface area (Å²) in [5.41, 5.74) is 8.39. The number of hydrogen-bond donors (Lipinski definition) is 2. The largest absolute Gasteiger partial charge is 0.397 e. The molecule has 1 unspecified atom stereocenters. The van der Waals surface area contributed by atoms with Gasteiger partial charge in [0.15, 0.2) is 0 Å². The van der Waals surface area contributed by atoms with E-state index in [1.165, 1.54) is 0 Å². The van der Waals surface area contributed by atoms with Gasteiger partial charge in [-0.25, -0.2) is 0 Å². The van der Waals surface area contributed by atoms with Crippen LogP contribution in [0, 0.1) is 18.3 Å². The number of hydrogen-bond acceptors (Lipinski definition) is 2. The fraction of sp³-hybridized carbons (Fsp3) is 0.462. The molecule has 1 amide bonds. The van der Waals surface area contributed by atoms with Crippen LogP contribution in [0.1, 0.15) is 25.8 Å². The van der Waals surface area contributed by atoms with Gasteiger partial charge in [0.25, 0.3) is 0 Å². The van der Waals surface area contributed by atoms with E-state index in [1.807, 2.05) is 19.1 Å². The lowest BCUT2D eigenvalue weighted by atomic mass is 10.1. The first-order valence-corrected chi connectivity index (χ1v) is 6.47. The quantitative estimate of drug-likeness (QED) is 0.810. The van der Waals surface area contributed by atoms with Crippen LogP contribution in [0.4, 0.5) is 11.4 Å². The molecule has 2 rings (SSSR count). The van der Waals surface area contributed by atoms with Crippen molar-refractivity contribution in [2.45, 2.75) is 27.2 Å². The van der Waals surface area contributed by atoms with E-state index in [-0.39, 0.29) is 29.6 Å². The molecule has 18 heavy (non-hydrogen) atoms. The molecule has 1 aromatic rings. The number of nitrogens with two attached hydrogens (primary N) is 1. The lowest BCUT2D eigenvalue weighted by Gasteiger charge is -2.11. The smallest absolute Gasteiger partial charge is 0.228 e. The first-order chi connectivity index (χ1) is 7.81. The Labute approximate surface area is 122 Å². The lowest BCUT2D eigenvalue weighted by molar-refractivity contribution is -0.117. The number of amides is 1. The summed E-state index contributed by atoms with van der Waals surface area (Å²) in [5.74, 6) is 0.181. The molecule has 1 saturated carbocycles. The van der Waals surface area contributed by atoms with Crippen LogP contribution in [0.25, 0.3) is 0 Å². The molecule has 1 atom stereocenters. The van der Waals surface area contributed by atoms with Crippen molar-refractivity contribution in [3.63, 3.8) is 0 Å². The number of rotatable bonds is 2. The van der Waals surface area contributed by atoms with Crippen LogP contribution < -0.4 is 11.1 Å². The average molecular weight is 334 g/mol. The highest BCUT2D eigenvalue weighted by Crippen LogP contribution is 2.52. The van der Waals surface area contributed by atoms with E-state index >= 15 is 0 Å². The van der Waals surface area contributed by atoms with E-state index < -0.39 is 0 Å². The van der Waals surface area contributed by atoms with Crippen molar-refractivity contribution in [1.29, 1.82) is 0 Å². The zero-order valence-electron chi connectivity index (χ0n) is 10.7. The second kappa shape index (κ2) is 5.10. The molecule has 0 aromatic heterocycles. The van der Waals surface area contributed by atoms with E-state index in [2.05, 4.69) is 35.1 Å². The molecule has 3 N–H and O–H groups in total. The summed E-state index contributed by atoms with van der Waals surface area (Å²) in [5, 5.41) is 2.92. The maximum absolute atomic E-state index is 12.0. The zero-order valence-corrected chi connectivity index (χ0v) is 13.1. The molecular weight excluding hydrogens is 316 g/mol. The monoisotopic (exact) mass is 332 g/mol. The highest BCUT2D eigenvalue weighted by Gasteiger charge is 2.50. The molecule has 100 valence electrons. The zero-order chi connectivity index (χ0) is 12.8. The number of aryl methyl sites for hydroxylation is 1. The van der Waals surface area contributed by atoms with Crippen LogP contribution in [0.3, 0.4) is 0 Å². The van der Waals surface area contributed by atoms with Gasteiger partial charge in [-0.1, -0.05) is 29.8 Å². The second-order valence-electron chi connectivity index (χ2n) is 5.42. The molecule has 1 aliphatic rings. The third-order valence-corrected chi connectivity index (χ3v) is 3.90. The van der Waals surface area contributed by atoms with Gasteiger partial charge in [0.2, 0.25) is 5.91 Å². The maximum atomic E-state index is 12.0. The van der Waals surface area contributed by atoms with Crippen LogP contribution in [-0.2, 0) is 4.79 Å². The third kappa shape index (κ3) is 2.98. The summed E-state index contributed by atoms with van der Waals surface area (Å²) in [6.07, 6.45) is 0.950. The summed E-state index contributed by atoms with van der Waals surface area (Å²) in [6.45, 7) is 6.14. The minimum Gasteiger partial charge on any atom is -0.397 e. The van der Waals surface area contributed by atoms with E-state index in [4.69, 9.17) is 5.73 Å². The summed E-state index contributed by atoms with van der Waals surface area (Å²) < 4.78 is 0.926. The van der Waals surface area contributed by atoms with Gasteiger partial charge in [0, 0.05) is 10.4 Å². The van der Waals surface area contributed by atoms with Gasteiger partial charge >= 0.3 is 0 Å². The molecule has 0 radical (unpaired) electrons. The summed E-state index contributed by atoms with van der Waals surface area (Å²) in [4.78, 5) is 12.0. The number of anilines is 2. The molecule has 5 heteroatoms. The van der Waals surface area contributed by atoms with E-state index in [0.717, 1.165) is 16.5 Å². The van der Waals surface area contributed by atoms with Crippen molar-refractivity contribution in [2.24, 2.45) is 11.3 Å². The van der Waals surface area contributed by atoms with Gasteiger partial charge in [-0.15, -0.1) is 12.4 Å². The first kappa shape index (κ1) is 15.3. The molecule has 1 aromatic carbocycles. The summed E-state index contributed by atoms with van der Waals surface area (Å²) >= 11 is 3.41. The van der Waals surface area contributed by atoms with Gasteiger partial charge in [0.1, 0.15) is 0 Å². The highest BCUT2D eigenvalue weighted by molar-refractivity contribution is 9.10. The number of nitrogen functional groups attached to an aromatic ring is 1. The predicted molar refractivity (Wildman–Crippen MR) is 81.1 cm³/mol. The molecule has 1 aliphatic carbocycles. The number of halogens is 2. The maximum Gasteiger partial charge on any atom is 0.228 e. The standard InChI is InChI=1S/C13H17BrN2O.ClH/c1-7-4-8(14)5-10(11(7)15)16-12(17)9-6-13(9,2)3;/h4-5,9H,6,15H2,1-3H3,(H,16,17);1H. The van der Waals surface area contributed by atoms with E-state index in [9.17, 15) is 4.79 Å². The molecular formula is C13H18BrClN2O. The number of benzene rings is 1. The lowest BCUT2D eigenvalue weighted by Crippen LogP contribution is -2.17. The normalized spacial score (nSPS) is 19.9. The van der Waals surface area contributed by atoms with Crippen molar-refractivity contribution in [2.75, 3.05) is 11.1 Å². The van der Waals surface area contributed by atoms with Crippen LogP contribution in [0.5, 0.6) is 0 Å². The molecule has 1 fully saturated rings. The van der Waals surface area contributed by atoms with Crippen molar-refractivity contribution < 1.29 is 4.79 Å². The predicted octanol–water partition coefficient (Wildman–Crippen LogP) is 3.75. The van der Waals surface area contributed by atoms with Gasteiger partial charge < -0.3 is 11.1 Å². The van der Waals surface area contributed by atoms with E-state index in [0.29, 0.717) is 11.4 Å². The fourth-order valence-electron chi connectivity index (χ4n) is 1.99. The van der Waals surface area contributed by atoms with E-state index in [1.54, 1.807) is 0 Å². The molecule has 0 spiro atoms. The topological polar surface area (TPSA) is 55.1 Å². The third-order valence-electron chi connectivity index (χ3n) is 3.44. The van der Waals surface area contributed by atoms with Crippen LogP contribution in [-0.4, -0.2) is 5.91 Å². The Balaban J connectivity index is 0.00000162. The Bertz CT molecular complexity index is 488. The average Bonchev–Trinajstić information content (AvgIpc) is 2.83. The highest BCUT2D eigenvalue weighted by atomic mass is 79.9. The van der Waals surface area contributed by atoms with Gasteiger partial charge in [-0.2, -0.15) is 0 Å². The van der Waals surface area contributed by atoms with Gasteiger partial charge in [-0.05, 0) is 36.5 Å². The Morgan fingerprint density at radius 3 is 2.56 bits per heavy atom. The Morgan fingerprint density at radius 1 is 1.50 bits per heavy atom. The van der Waals surface area contributed by atoms with Crippen LogP contribution >= 0.6 is 28.3 Å². The summed E-state index contributed by atoms with van der Waals surface area (Å²) in [7, 11) is 0. The van der Waals surface area contributed by atoms with Gasteiger partial charge in [-0.3, -0.25) is 4.79 Å². The first-order valence-electron chi connectivity index (χ1n) is 5.68. The van der Waals surface area contributed by atoms with Crippen LogP contribution in [0.2, 0.25) is 0 Å². The fourth-order valence-corrected chi connectivity index (χ4v) is 2.56. The van der Waals surface area contributed by atoms with Crippen molar-refractivity contribution in [3.8, 4) is 0 Å². The minimum absolute atomic E-state index is 0. The molecule has 3 nitrogen and oxygen atoms in total. The van der Waals surface area contributed by atoms with Crippen LogP contribution in [0.15, 0.2) is 16.6 Å². The SMILES string of the molecule is Cc1cc(Br)cc(NC(=O)C2CC2(C)C)c1N.Cl.